The Bertz CT molecular complexity index is 282. The first-order valence-electron chi connectivity index (χ1n) is 8.25. The van der Waals surface area contributed by atoms with Gasteiger partial charge in [0.05, 0.1) is 6.54 Å². The van der Waals surface area contributed by atoms with Crippen LogP contribution in [0.3, 0.4) is 0 Å². The lowest BCUT2D eigenvalue weighted by Gasteiger charge is -2.35. The summed E-state index contributed by atoms with van der Waals surface area (Å²) < 4.78 is 36.9. The van der Waals surface area contributed by atoms with Crippen LogP contribution in [0.2, 0.25) is 0 Å². The lowest BCUT2D eigenvalue weighted by Crippen LogP contribution is -2.50. The zero-order valence-electron chi connectivity index (χ0n) is 12.8. The van der Waals surface area contributed by atoms with Gasteiger partial charge >= 0.3 is 6.18 Å². The number of hydrogen-bond acceptors (Lipinski definition) is 3. The summed E-state index contributed by atoms with van der Waals surface area (Å²) >= 11 is 0. The highest BCUT2D eigenvalue weighted by atomic mass is 19.4. The average molecular weight is 307 g/mol. The van der Waals surface area contributed by atoms with E-state index in [1.807, 2.05) is 0 Å². The summed E-state index contributed by atoms with van der Waals surface area (Å²) in [5, 5.41) is 3.52. The van der Waals surface area contributed by atoms with Gasteiger partial charge in [-0.2, -0.15) is 13.2 Å². The van der Waals surface area contributed by atoms with E-state index in [2.05, 4.69) is 10.2 Å². The quantitative estimate of drug-likeness (QED) is 0.760. The zero-order chi connectivity index (χ0) is 15.1. The Balaban J connectivity index is 1.50. The van der Waals surface area contributed by atoms with Crippen LogP contribution in [-0.4, -0.2) is 68.3 Å². The fraction of sp³-hybridized carbons (Fsp3) is 1.00. The predicted molar refractivity (Wildman–Crippen MR) is 78.4 cm³/mol. The number of halogens is 3. The second kappa shape index (κ2) is 8.34. The molecule has 2 fully saturated rings. The van der Waals surface area contributed by atoms with Crippen molar-refractivity contribution in [2.75, 3.05) is 52.4 Å². The molecule has 1 aliphatic carbocycles. The molecule has 124 valence electrons. The average Bonchev–Trinajstić information content (AvgIpc) is 2.45. The number of nitrogens with one attached hydrogen (secondary N) is 1. The van der Waals surface area contributed by atoms with E-state index in [1.165, 1.54) is 37.0 Å². The molecule has 21 heavy (non-hydrogen) atoms. The second-order valence-corrected chi connectivity index (χ2v) is 6.44. The van der Waals surface area contributed by atoms with Crippen LogP contribution < -0.4 is 5.32 Å². The summed E-state index contributed by atoms with van der Waals surface area (Å²) in [4.78, 5) is 3.77. The first-order valence-corrected chi connectivity index (χ1v) is 8.25. The molecule has 2 rings (SSSR count). The highest BCUT2D eigenvalue weighted by molar-refractivity contribution is 4.75. The molecule has 1 N–H and O–H groups in total. The molecule has 0 amide bonds. The van der Waals surface area contributed by atoms with Gasteiger partial charge in [0.15, 0.2) is 0 Å². The molecule has 0 aromatic rings. The van der Waals surface area contributed by atoms with Crippen molar-refractivity contribution >= 4 is 0 Å². The molecular formula is C15H28F3N3. The molecule has 0 radical (unpaired) electrons. The third-order valence-electron chi connectivity index (χ3n) is 4.63. The summed E-state index contributed by atoms with van der Waals surface area (Å²) in [5.74, 6) is 0.836. The van der Waals surface area contributed by atoms with Gasteiger partial charge in [-0.1, -0.05) is 19.3 Å². The van der Waals surface area contributed by atoms with Crippen LogP contribution in [-0.2, 0) is 0 Å². The molecular weight excluding hydrogens is 279 g/mol. The molecule has 1 heterocycles. The molecule has 0 spiro atoms. The third-order valence-corrected chi connectivity index (χ3v) is 4.63. The van der Waals surface area contributed by atoms with Crippen LogP contribution in [0.1, 0.15) is 32.1 Å². The van der Waals surface area contributed by atoms with Gasteiger partial charge in [-0.05, 0) is 25.3 Å². The van der Waals surface area contributed by atoms with E-state index in [1.54, 1.807) is 0 Å². The van der Waals surface area contributed by atoms with Crippen LogP contribution in [0.25, 0.3) is 0 Å². The van der Waals surface area contributed by atoms with Crippen LogP contribution in [0, 0.1) is 5.92 Å². The van der Waals surface area contributed by atoms with E-state index in [0.29, 0.717) is 13.1 Å². The van der Waals surface area contributed by atoms with Crippen molar-refractivity contribution in [3.05, 3.63) is 0 Å². The first-order chi connectivity index (χ1) is 10.0. The molecule has 2 aliphatic rings. The Hall–Kier alpha value is -0.330. The Labute approximate surface area is 125 Å². The highest BCUT2D eigenvalue weighted by Crippen LogP contribution is 2.22. The minimum Gasteiger partial charge on any atom is -0.315 e. The summed E-state index contributed by atoms with van der Waals surface area (Å²) in [6, 6.07) is 0. The van der Waals surface area contributed by atoms with Crippen molar-refractivity contribution < 1.29 is 13.2 Å². The van der Waals surface area contributed by atoms with Gasteiger partial charge in [-0.25, -0.2) is 0 Å². The second-order valence-electron chi connectivity index (χ2n) is 6.44. The van der Waals surface area contributed by atoms with Crippen LogP contribution in [0.4, 0.5) is 13.2 Å². The minimum atomic E-state index is -4.07. The number of rotatable bonds is 6. The van der Waals surface area contributed by atoms with Crippen molar-refractivity contribution in [2.45, 2.75) is 38.3 Å². The van der Waals surface area contributed by atoms with Crippen molar-refractivity contribution in [3.8, 4) is 0 Å². The predicted octanol–water partition coefficient (Wildman–Crippen LogP) is 2.34. The van der Waals surface area contributed by atoms with Gasteiger partial charge in [0.2, 0.25) is 0 Å². The Morgan fingerprint density at radius 3 is 2.14 bits per heavy atom. The van der Waals surface area contributed by atoms with Crippen LogP contribution in [0.15, 0.2) is 0 Å². The molecule has 6 heteroatoms. The largest absolute Gasteiger partial charge is 0.401 e. The lowest BCUT2D eigenvalue weighted by molar-refractivity contribution is -0.149. The smallest absolute Gasteiger partial charge is 0.315 e. The van der Waals surface area contributed by atoms with E-state index in [0.717, 1.165) is 38.6 Å². The van der Waals surface area contributed by atoms with E-state index in [9.17, 15) is 13.2 Å². The maximum atomic E-state index is 12.3. The van der Waals surface area contributed by atoms with E-state index >= 15 is 0 Å². The Morgan fingerprint density at radius 2 is 1.52 bits per heavy atom. The first kappa shape index (κ1) is 17.0. The van der Waals surface area contributed by atoms with Gasteiger partial charge in [0.1, 0.15) is 0 Å². The molecule has 3 nitrogen and oxygen atoms in total. The van der Waals surface area contributed by atoms with Crippen molar-refractivity contribution in [3.63, 3.8) is 0 Å². The van der Waals surface area contributed by atoms with Gasteiger partial charge in [0.25, 0.3) is 0 Å². The van der Waals surface area contributed by atoms with E-state index < -0.39 is 12.7 Å². The Kier molecular flexibility index (Phi) is 6.76. The lowest BCUT2D eigenvalue weighted by atomic mass is 9.89. The van der Waals surface area contributed by atoms with Crippen LogP contribution >= 0.6 is 0 Å². The molecule has 0 unspecified atom stereocenters. The topological polar surface area (TPSA) is 18.5 Å². The van der Waals surface area contributed by atoms with Crippen LogP contribution in [0.5, 0.6) is 0 Å². The van der Waals surface area contributed by atoms with Gasteiger partial charge in [-0.3, -0.25) is 9.80 Å². The third kappa shape index (κ3) is 6.98. The van der Waals surface area contributed by atoms with E-state index in [4.69, 9.17) is 0 Å². The number of piperazine rings is 1. The monoisotopic (exact) mass is 307 g/mol. The summed E-state index contributed by atoms with van der Waals surface area (Å²) in [7, 11) is 0. The molecule has 1 aliphatic heterocycles. The van der Waals surface area contributed by atoms with Gasteiger partial charge < -0.3 is 5.32 Å². The summed E-state index contributed by atoms with van der Waals surface area (Å²) in [6.45, 7) is 4.81. The maximum absolute atomic E-state index is 12.3. The Morgan fingerprint density at radius 1 is 0.905 bits per heavy atom. The maximum Gasteiger partial charge on any atom is 0.401 e. The number of nitrogens with zero attached hydrogens (tertiary/aromatic N) is 2. The molecule has 0 bridgehead atoms. The normalized spacial score (nSPS) is 23.6. The van der Waals surface area contributed by atoms with Crippen molar-refractivity contribution in [1.29, 1.82) is 0 Å². The fourth-order valence-electron chi connectivity index (χ4n) is 3.36. The molecule has 0 aromatic carbocycles. The van der Waals surface area contributed by atoms with Gasteiger partial charge in [0, 0.05) is 39.3 Å². The zero-order valence-corrected chi connectivity index (χ0v) is 12.8. The molecule has 0 atom stereocenters. The highest BCUT2D eigenvalue weighted by Gasteiger charge is 2.31. The molecule has 0 aromatic heterocycles. The summed E-state index contributed by atoms with van der Waals surface area (Å²) in [6.07, 6.45) is 2.76. The number of alkyl halides is 3. The SMILES string of the molecule is FC(F)(F)CN1CCN(CCNCC2CCCCC2)CC1. The fourth-order valence-corrected chi connectivity index (χ4v) is 3.36. The molecule has 1 saturated carbocycles. The van der Waals surface area contributed by atoms with Crippen molar-refractivity contribution in [2.24, 2.45) is 5.92 Å². The van der Waals surface area contributed by atoms with Crippen molar-refractivity contribution in [1.82, 2.24) is 15.1 Å². The standard InChI is InChI=1S/C15H28F3N3/c16-15(17,18)13-21-10-8-20(9-11-21)7-6-19-12-14-4-2-1-3-5-14/h14,19H,1-13H2. The minimum absolute atomic E-state index is 0.530. The molecule has 1 saturated heterocycles. The summed E-state index contributed by atoms with van der Waals surface area (Å²) in [5.41, 5.74) is 0. The number of hydrogen-bond donors (Lipinski definition) is 1. The van der Waals surface area contributed by atoms with Gasteiger partial charge in [-0.15, -0.1) is 0 Å². The van der Waals surface area contributed by atoms with E-state index in [-0.39, 0.29) is 0 Å².